The third kappa shape index (κ3) is 4.42. The molecule has 34 heavy (non-hydrogen) atoms. The van der Waals surface area contributed by atoms with Crippen molar-refractivity contribution in [2.75, 3.05) is 11.4 Å². The van der Waals surface area contributed by atoms with Crippen molar-refractivity contribution in [3.05, 3.63) is 70.2 Å². The Bertz CT molecular complexity index is 1280. The molecule has 2 aliphatic rings. The minimum atomic E-state index is -4.59. The first-order valence-corrected chi connectivity index (χ1v) is 10.8. The molecule has 1 atom stereocenters. The SMILES string of the molecule is O=c1nc(OCc2ccc(Oc3cncc(C(F)(F)F)c3)c(F)c2)cc2n1CC1CCCCN21. The largest absolute Gasteiger partial charge is 0.473 e. The topological polar surface area (TPSA) is 69.5 Å². The third-order valence-corrected chi connectivity index (χ3v) is 5.93. The van der Waals surface area contributed by atoms with Crippen LogP contribution in [0.3, 0.4) is 0 Å². The van der Waals surface area contributed by atoms with Crippen LogP contribution in [0, 0.1) is 5.82 Å². The van der Waals surface area contributed by atoms with E-state index in [-0.39, 0.29) is 29.7 Å². The molecular weight excluding hydrogens is 456 g/mol. The molecular formula is C23H20F4N4O3. The number of rotatable bonds is 5. The number of hydrogen-bond acceptors (Lipinski definition) is 6. The van der Waals surface area contributed by atoms with Crippen LogP contribution in [0.2, 0.25) is 0 Å². The second-order valence-corrected chi connectivity index (χ2v) is 8.25. The predicted molar refractivity (Wildman–Crippen MR) is 114 cm³/mol. The van der Waals surface area contributed by atoms with Gasteiger partial charge in [0.05, 0.1) is 11.8 Å². The van der Waals surface area contributed by atoms with Crippen molar-refractivity contribution >= 4 is 5.82 Å². The van der Waals surface area contributed by atoms with Crippen molar-refractivity contribution in [2.24, 2.45) is 0 Å². The van der Waals surface area contributed by atoms with E-state index in [0.29, 0.717) is 24.3 Å². The first-order chi connectivity index (χ1) is 16.3. The van der Waals surface area contributed by atoms with Crippen LogP contribution in [-0.4, -0.2) is 27.1 Å². The van der Waals surface area contributed by atoms with Crippen molar-refractivity contribution in [1.82, 2.24) is 14.5 Å². The van der Waals surface area contributed by atoms with Gasteiger partial charge in [0.2, 0.25) is 5.88 Å². The normalized spacial score (nSPS) is 17.3. The van der Waals surface area contributed by atoms with E-state index in [4.69, 9.17) is 9.47 Å². The lowest BCUT2D eigenvalue weighted by atomic mass is 10.0. The summed E-state index contributed by atoms with van der Waals surface area (Å²) in [6.07, 6.45) is 0.366. The highest BCUT2D eigenvalue weighted by Gasteiger charge is 2.33. The fourth-order valence-corrected chi connectivity index (χ4v) is 4.29. The monoisotopic (exact) mass is 476 g/mol. The average molecular weight is 476 g/mol. The van der Waals surface area contributed by atoms with Gasteiger partial charge in [-0.25, -0.2) is 9.18 Å². The zero-order chi connectivity index (χ0) is 23.9. The number of ether oxygens (including phenoxy) is 2. The van der Waals surface area contributed by atoms with Crippen molar-refractivity contribution in [2.45, 2.75) is 44.6 Å². The minimum absolute atomic E-state index is 0.0539. The number of anilines is 1. The van der Waals surface area contributed by atoms with E-state index in [1.165, 1.54) is 12.1 Å². The standard InChI is InChI=1S/C23H20F4N4O3/c24-18-7-14(4-5-19(18)34-17-8-15(10-28-11-17)23(25,26)27)13-33-20-9-21-30-6-2-1-3-16(30)12-31(21)22(32)29-20/h4-5,7-11,16H,1-3,6,12-13H2. The first-order valence-electron chi connectivity index (χ1n) is 10.8. The molecule has 0 N–H and O–H groups in total. The van der Waals surface area contributed by atoms with Crippen LogP contribution in [0.25, 0.3) is 0 Å². The van der Waals surface area contributed by atoms with Gasteiger partial charge < -0.3 is 14.4 Å². The lowest BCUT2D eigenvalue weighted by molar-refractivity contribution is -0.137. The van der Waals surface area contributed by atoms with Gasteiger partial charge in [0.25, 0.3) is 0 Å². The Kier molecular flexibility index (Phi) is 5.62. The van der Waals surface area contributed by atoms with Gasteiger partial charge in [0.15, 0.2) is 11.6 Å². The molecule has 178 valence electrons. The van der Waals surface area contributed by atoms with Gasteiger partial charge in [-0.2, -0.15) is 18.2 Å². The molecule has 11 heteroatoms. The fourth-order valence-electron chi connectivity index (χ4n) is 4.29. The summed E-state index contributed by atoms with van der Waals surface area (Å²) in [5.74, 6) is -0.342. The fraction of sp³-hybridized carbons (Fsp3) is 0.348. The van der Waals surface area contributed by atoms with E-state index in [2.05, 4.69) is 14.9 Å². The Morgan fingerprint density at radius 3 is 2.76 bits per heavy atom. The molecule has 0 amide bonds. The number of fused-ring (bicyclic) bond motifs is 3. The van der Waals surface area contributed by atoms with Gasteiger partial charge in [0.1, 0.15) is 18.2 Å². The molecule has 7 nitrogen and oxygen atoms in total. The second kappa shape index (κ2) is 8.62. The number of nitrogens with zero attached hydrogens (tertiary/aromatic N) is 4. The van der Waals surface area contributed by atoms with Crippen LogP contribution in [-0.2, 0) is 19.3 Å². The van der Waals surface area contributed by atoms with Gasteiger partial charge in [0, 0.05) is 31.4 Å². The van der Waals surface area contributed by atoms with E-state index in [1.54, 1.807) is 10.6 Å². The van der Waals surface area contributed by atoms with Gasteiger partial charge in [-0.05, 0) is 43.0 Å². The highest BCUT2D eigenvalue weighted by molar-refractivity contribution is 5.47. The van der Waals surface area contributed by atoms with E-state index in [1.807, 2.05) is 0 Å². The van der Waals surface area contributed by atoms with Gasteiger partial charge in [-0.15, -0.1) is 0 Å². The van der Waals surface area contributed by atoms with Gasteiger partial charge in [-0.1, -0.05) is 6.07 Å². The molecule has 4 heterocycles. The number of piperidine rings is 1. The van der Waals surface area contributed by atoms with Crippen molar-refractivity contribution in [3.8, 4) is 17.4 Å². The van der Waals surface area contributed by atoms with E-state index >= 15 is 0 Å². The highest BCUT2D eigenvalue weighted by atomic mass is 19.4. The van der Waals surface area contributed by atoms with E-state index < -0.39 is 17.6 Å². The number of benzene rings is 1. The van der Waals surface area contributed by atoms with E-state index in [9.17, 15) is 22.4 Å². The molecule has 1 unspecified atom stereocenters. The summed E-state index contributed by atoms with van der Waals surface area (Å²) in [6.45, 7) is 1.44. The predicted octanol–water partition coefficient (Wildman–Crippen LogP) is 4.54. The summed E-state index contributed by atoms with van der Waals surface area (Å²) in [7, 11) is 0. The summed E-state index contributed by atoms with van der Waals surface area (Å²) in [6, 6.07) is 6.72. The second-order valence-electron chi connectivity index (χ2n) is 8.25. The maximum Gasteiger partial charge on any atom is 0.418 e. The number of alkyl halides is 3. The number of hydrogen-bond donors (Lipinski definition) is 0. The Labute approximate surface area is 191 Å². The molecule has 1 aromatic carbocycles. The van der Waals surface area contributed by atoms with Crippen molar-refractivity contribution < 1.29 is 27.0 Å². The molecule has 1 fully saturated rings. The molecule has 2 aromatic heterocycles. The van der Waals surface area contributed by atoms with Crippen molar-refractivity contribution in [1.29, 1.82) is 0 Å². The van der Waals surface area contributed by atoms with E-state index in [0.717, 1.165) is 50.0 Å². The summed E-state index contributed by atoms with van der Waals surface area (Å²) in [4.78, 5) is 22.1. The summed E-state index contributed by atoms with van der Waals surface area (Å²) < 4.78 is 65.6. The zero-order valence-corrected chi connectivity index (χ0v) is 17.9. The Balaban J connectivity index is 1.28. The molecule has 3 aromatic rings. The van der Waals surface area contributed by atoms with Gasteiger partial charge >= 0.3 is 11.9 Å². The number of aromatic nitrogens is 3. The molecule has 0 radical (unpaired) electrons. The Morgan fingerprint density at radius 1 is 1.12 bits per heavy atom. The Hall–Kier alpha value is -3.63. The average Bonchev–Trinajstić information content (AvgIpc) is 3.18. The summed E-state index contributed by atoms with van der Waals surface area (Å²) in [5, 5.41) is 0. The maximum atomic E-state index is 14.5. The third-order valence-electron chi connectivity index (χ3n) is 5.93. The lowest BCUT2D eigenvalue weighted by Gasteiger charge is -2.30. The molecule has 2 aliphatic heterocycles. The molecule has 0 aliphatic carbocycles. The summed E-state index contributed by atoms with van der Waals surface area (Å²) in [5.41, 5.74) is -0.944. The van der Waals surface area contributed by atoms with Crippen LogP contribution in [0.15, 0.2) is 47.5 Å². The molecule has 0 spiro atoms. The van der Waals surface area contributed by atoms with Crippen LogP contribution >= 0.6 is 0 Å². The smallest absolute Gasteiger partial charge is 0.418 e. The van der Waals surface area contributed by atoms with Crippen LogP contribution in [0.1, 0.15) is 30.4 Å². The van der Waals surface area contributed by atoms with Crippen LogP contribution < -0.4 is 20.1 Å². The molecule has 0 bridgehead atoms. The maximum absolute atomic E-state index is 14.5. The Morgan fingerprint density at radius 2 is 1.97 bits per heavy atom. The van der Waals surface area contributed by atoms with Crippen molar-refractivity contribution in [3.63, 3.8) is 0 Å². The first kappa shape index (κ1) is 22.2. The highest BCUT2D eigenvalue weighted by Crippen LogP contribution is 2.34. The quantitative estimate of drug-likeness (QED) is 0.504. The van der Waals surface area contributed by atoms with Crippen LogP contribution in [0.5, 0.6) is 17.4 Å². The van der Waals surface area contributed by atoms with Crippen LogP contribution in [0.4, 0.5) is 23.4 Å². The molecule has 5 rings (SSSR count). The number of halogens is 4. The minimum Gasteiger partial charge on any atom is -0.473 e. The van der Waals surface area contributed by atoms with Gasteiger partial charge in [-0.3, -0.25) is 9.55 Å². The molecule has 1 saturated heterocycles. The number of pyridine rings is 1. The zero-order valence-electron chi connectivity index (χ0n) is 17.9. The lowest BCUT2D eigenvalue weighted by Crippen LogP contribution is -2.36. The molecule has 0 saturated carbocycles. The summed E-state index contributed by atoms with van der Waals surface area (Å²) >= 11 is 0.